The van der Waals surface area contributed by atoms with Gasteiger partial charge in [-0.2, -0.15) is 0 Å². The lowest BCUT2D eigenvalue weighted by atomic mass is 9.85. The summed E-state index contributed by atoms with van der Waals surface area (Å²) in [6.07, 6.45) is 5.48. The number of likely N-dealkylation sites (tertiary alicyclic amines) is 1. The highest BCUT2D eigenvalue weighted by Crippen LogP contribution is 2.36. The molecular weight excluding hydrogens is 272 g/mol. The number of hydrogen-bond donors (Lipinski definition) is 2. The van der Waals surface area contributed by atoms with Crippen molar-refractivity contribution >= 4 is 17.9 Å². The normalized spacial score (nSPS) is 25.9. The molecule has 21 heavy (non-hydrogen) atoms. The van der Waals surface area contributed by atoms with Gasteiger partial charge in [-0.3, -0.25) is 10.1 Å². The average molecular weight is 294 g/mol. The van der Waals surface area contributed by atoms with Crippen LogP contribution in [0.15, 0.2) is 11.1 Å². The number of imide groups is 1. The highest BCUT2D eigenvalue weighted by molar-refractivity contribution is 6.07. The second-order valence-corrected chi connectivity index (χ2v) is 5.91. The van der Waals surface area contributed by atoms with E-state index in [0.717, 1.165) is 25.7 Å². The number of carboxylic acid groups (broad SMARTS) is 1. The summed E-state index contributed by atoms with van der Waals surface area (Å²) in [6.45, 7) is 3.45. The van der Waals surface area contributed by atoms with Gasteiger partial charge in [-0.25, -0.2) is 9.59 Å². The summed E-state index contributed by atoms with van der Waals surface area (Å²) in [5, 5.41) is 11.2. The third-order valence-electron chi connectivity index (χ3n) is 4.72. The maximum Gasteiger partial charge on any atom is 0.331 e. The molecule has 0 aromatic heterocycles. The molecule has 2 atom stereocenters. The zero-order valence-corrected chi connectivity index (χ0v) is 12.5. The van der Waals surface area contributed by atoms with Crippen LogP contribution < -0.4 is 5.32 Å². The predicted molar refractivity (Wildman–Crippen MR) is 76.6 cm³/mol. The number of rotatable bonds is 2. The van der Waals surface area contributed by atoms with Crippen LogP contribution in [0.25, 0.3) is 0 Å². The molecule has 1 heterocycles. The number of carbonyl (C=O) groups excluding carboxylic acids is 2. The standard InChI is InChI=1S/C15H22N2O4/c1-9(10(2)14(19)20)13(18)16-15(21)17-8-7-11-5-3-4-6-12(11)17/h11-12H,3-8H2,1-2H3,(H,19,20)(H,16,18,21). The van der Waals surface area contributed by atoms with Crippen LogP contribution in [0.3, 0.4) is 0 Å². The number of amides is 3. The molecule has 0 aromatic carbocycles. The number of fused-ring (bicyclic) bond motifs is 1. The zero-order chi connectivity index (χ0) is 15.6. The van der Waals surface area contributed by atoms with Crippen molar-refractivity contribution in [3.05, 3.63) is 11.1 Å². The van der Waals surface area contributed by atoms with Gasteiger partial charge in [0.2, 0.25) is 0 Å². The Kier molecular flexibility index (Phi) is 4.65. The Bertz CT molecular complexity index is 498. The van der Waals surface area contributed by atoms with E-state index < -0.39 is 17.9 Å². The first-order valence-electron chi connectivity index (χ1n) is 7.44. The Morgan fingerprint density at radius 2 is 1.71 bits per heavy atom. The summed E-state index contributed by atoms with van der Waals surface area (Å²) in [7, 11) is 0. The molecule has 2 rings (SSSR count). The maximum absolute atomic E-state index is 12.2. The largest absolute Gasteiger partial charge is 0.478 e. The number of nitrogens with zero attached hydrogens (tertiary/aromatic N) is 1. The first kappa shape index (κ1) is 15.5. The second-order valence-electron chi connectivity index (χ2n) is 5.91. The van der Waals surface area contributed by atoms with E-state index in [1.54, 1.807) is 4.90 Å². The topological polar surface area (TPSA) is 86.7 Å². The number of carbonyl (C=O) groups is 3. The highest BCUT2D eigenvalue weighted by Gasteiger charge is 2.38. The van der Waals surface area contributed by atoms with Crippen molar-refractivity contribution in [2.24, 2.45) is 5.92 Å². The fraction of sp³-hybridized carbons (Fsp3) is 0.667. The number of aliphatic carboxylic acids is 1. The number of urea groups is 1. The lowest BCUT2D eigenvalue weighted by Gasteiger charge is -2.31. The van der Waals surface area contributed by atoms with E-state index in [4.69, 9.17) is 5.11 Å². The molecule has 6 nitrogen and oxygen atoms in total. The molecule has 2 N–H and O–H groups in total. The summed E-state index contributed by atoms with van der Waals surface area (Å²) in [6, 6.07) is -0.164. The third-order valence-corrected chi connectivity index (χ3v) is 4.72. The van der Waals surface area contributed by atoms with Gasteiger partial charge in [0.05, 0.1) is 0 Å². The second kappa shape index (κ2) is 6.28. The van der Waals surface area contributed by atoms with Crippen LogP contribution in [0.2, 0.25) is 0 Å². The van der Waals surface area contributed by atoms with E-state index in [-0.39, 0.29) is 17.2 Å². The monoisotopic (exact) mass is 294 g/mol. The van der Waals surface area contributed by atoms with Gasteiger partial charge in [0, 0.05) is 23.7 Å². The lowest BCUT2D eigenvalue weighted by Crippen LogP contribution is -2.47. The summed E-state index contributed by atoms with van der Waals surface area (Å²) in [5.41, 5.74) is 0.0208. The zero-order valence-electron chi connectivity index (χ0n) is 12.5. The van der Waals surface area contributed by atoms with Gasteiger partial charge in [0.1, 0.15) is 0 Å². The molecule has 0 spiro atoms. The first-order chi connectivity index (χ1) is 9.91. The van der Waals surface area contributed by atoms with Crippen LogP contribution in [0.1, 0.15) is 46.0 Å². The Balaban J connectivity index is 2.00. The van der Waals surface area contributed by atoms with Crippen LogP contribution in [0, 0.1) is 5.92 Å². The molecule has 0 radical (unpaired) electrons. The number of nitrogens with one attached hydrogen (secondary N) is 1. The van der Waals surface area contributed by atoms with E-state index in [2.05, 4.69) is 5.32 Å². The van der Waals surface area contributed by atoms with Crippen LogP contribution in [0.4, 0.5) is 4.79 Å². The SMILES string of the molecule is CC(C(=O)O)=C(C)C(=O)NC(=O)N1CCC2CCCCC21. The first-order valence-corrected chi connectivity index (χ1v) is 7.44. The third kappa shape index (κ3) is 3.25. The molecule has 1 saturated heterocycles. The quantitative estimate of drug-likeness (QED) is 0.762. The van der Waals surface area contributed by atoms with E-state index in [1.165, 1.54) is 20.3 Å². The van der Waals surface area contributed by atoms with E-state index in [1.807, 2.05) is 0 Å². The Labute approximate surface area is 124 Å². The van der Waals surface area contributed by atoms with Crippen molar-refractivity contribution in [1.82, 2.24) is 10.2 Å². The molecule has 116 valence electrons. The molecule has 1 aliphatic carbocycles. The maximum atomic E-state index is 12.2. The fourth-order valence-electron chi connectivity index (χ4n) is 3.25. The Morgan fingerprint density at radius 1 is 1.05 bits per heavy atom. The van der Waals surface area contributed by atoms with Gasteiger partial charge < -0.3 is 10.0 Å². The molecule has 2 fully saturated rings. The molecule has 6 heteroatoms. The summed E-state index contributed by atoms with van der Waals surface area (Å²) < 4.78 is 0. The minimum Gasteiger partial charge on any atom is -0.478 e. The molecular formula is C15H22N2O4. The van der Waals surface area contributed by atoms with Gasteiger partial charge in [-0.1, -0.05) is 12.8 Å². The van der Waals surface area contributed by atoms with Crippen LogP contribution >= 0.6 is 0 Å². The van der Waals surface area contributed by atoms with Gasteiger partial charge in [-0.05, 0) is 39.0 Å². The van der Waals surface area contributed by atoms with Crippen molar-refractivity contribution in [3.8, 4) is 0 Å². The summed E-state index contributed by atoms with van der Waals surface area (Å²) in [4.78, 5) is 36.8. The minimum atomic E-state index is -1.15. The van der Waals surface area contributed by atoms with E-state index >= 15 is 0 Å². The van der Waals surface area contributed by atoms with Crippen molar-refractivity contribution in [3.63, 3.8) is 0 Å². The van der Waals surface area contributed by atoms with Crippen LogP contribution in [0.5, 0.6) is 0 Å². The molecule has 0 aromatic rings. The Morgan fingerprint density at radius 3 is 2.38 bits per heavy atom. The van der Waals surface area contributed by atoms with Crippen molar-refractivity contribution in [2.75, 3.05) is 6.54 Å². The molecule has 0 bridgehead atoms. The van der Waals surface area contributed by atoms with Crippen LogP contribution in [-0.2, 0) is 9.59 Å². The summed E-state index contributed by atoms with van der Waals surface area (Å²) in [5.74, 6) is -1.22. The molecule has 2 aliphatic rings. The fourth-order valence-corrected chi connectivity index (χ4v) is 3.25. The van der Waals surface area contributed by atoms with Crippen molar-refractivity contribution < 1.29 is 19.5 Å². The average Bonchev–Trinajstić information content (AvgIpc) is 2.89. The lowest BCUT2D eigenvalue weighted by molar-refractivity contribution is -0.133. The smallest absolute Gasteiger partial charge is 0.331 e. The predicted octanol–water partition coefficient (Wildman–Crippen LogP) is 1.91. The number of hydrogen-bond acceptors (Lipinski definition) is 3. The molecule has 1 saturated carbocycles. The molecule has 1 aliphatic heterocycles. The van der Waals surface area contributed by atoms with Crippen molar-refractivity contribution in [2.45, 2.75) is 52.0 Å². The molecule has 3 amide bonds. The van der Waals surface area contributed by atoms with Gasteiger partial charge >= 0.3 is 12.0 Å². The number of carboxylic acids is 1. The summed E-state index contributed by atoms with van der Waals surface area (Å²) >= 11 is 0. The Hall–Kier alpha value is -1.85. The van der Waals surface area contributed by atoms with E-state index in [0.29, 0.717) is 12.5 Å². The van der Waals surface area contributed by atoms with Gasteiger partial charge in [0.15, 0.2) is 0 Å². The molecule has 2 unspecified atom stereocenters. The van der Waals surface area contributed by atoms with Crippen LogP contribution in [-0.4, -0.2) is 40.5 Å². The van der Waals surface area contributed by atoms with Gasteiger partial charge in [0.25, 0.3) is 5.91 Å². The van der Waals surface area contributed by atoms with E-state index in [9.17, 15) is 14.4 Å². The van der Waals surface area contributed by atoms with Crippen molar-refractivity contribution in [1.29, 1.82) is 0 Å². The minimum absolute atomic E-state index is 0.0442. The van der Waals surface area contributed by atoms with Gasteiger partial charge in [-0.15, -0.1) is 0 Å². The highest BCUT2D eigenvalue weighted by atomic mass is 16.4.